The molecule has 2 saturated heterocycles. The number of hydrogen-bond acceptors (Lipinski definition) is 12. The first kappa shape index (κ1) is 58.8. The van der Waals surface area contributed by atoms with Crippen molar-refractivity contribution in [1.82, 2.24) is 40.1 Å². The summed E-state index contributed by atoms with van der Waals surface area (Å²) in [6, 6.07) is 7.12. The Hall–Kier alpha value is -3.51. The number of nitrogens with zero attached hydrogens (tertiary/aromatic N) is 6. The van der Waals surface area contributed by atoms with Crippen LogP contribution in [0.25, 0.3) is 33.4 Å². The number of pyridine rings is 1. The van der Waals surface area contributed by atoms with E-state index in [1.165, 1.54) is 32.4 Å². The van der Waals surface area contributed by atoms with Crippen molar-refractivity contribution in [3.8, 4) is 22.5 Å². The molecule has 16 nitrogen and oxygen atoms in total. The fourth-order valence-corrected chi connectivity index (χ4v) is 11.3. The van der Waals surface area contributed by atoms with E-state index in [0.29, 0.717) is 37.4 Å². The van der Waals surface area contributed by atoms with Gasteiger partial charge in [-0.2, -0.15) is 54.0 Å². The van der Waals surface area contributed by atoms with E-state index in [-0.39, 0.29) is 104 Å². The van der Waals surface area contributed by atoms with E-state index in [4.69, 9.17) is 19.4 Å². The van der Waals surface area contributed by atoms with Crippen molar-refractivity contribution in [1.29, 1.82) is 0 Å². The van der Waals surface area contributed by atoms with E-state index in [1.54, 1.807) is 20.4 Å². The Kier molecular flexibility index (Phi) is 20.8. The Balaban J connectivity index is 0.00000306. The molecule has 2 N–H and O–H groups in total. The van der Waals surface area contributed by atoms with Gasteiger partial charge < -0.3 is 29.2 Å². The molecule has 3 aliphatic heterocycles. The molecule has 378 valence electrons. The van der Waals surface area contributed by atoms with Crippen LogP contribution in [0.15, 0.2) is 41.9 Å². The average Bonchev–Trinajstić information content (AvgIpc) is 3.83. The van der Waals surface area contributed by atoms with Crippen LogP contribution in [0.1, 0.15) is 76.8 Å². The summed E-state index contributed by atoms with van der Waals surface area (Å²) in [5.41, 5.74) is 9.17. The summed E-state index contributed by atoms with van der Waals surface area (Å²) in [4.78, 5) is 69.1. The summed E-state index contributed by atoms with van der Waals surface area (Å²) >= 11 is 1.39. The predicted molar refractivity (Wildman–Crippen MR) is 287 cm³/mol. The number of fused-ring (bicyclic) bond motifs is 6. The number of ether oxygens (including phenoxy) is 2. The van der Waals surface area contributed by atoms with Crippen molar-refractivity contribution in [3.63, 3.8) is 0 Å². The third kappa shape index (κ3) is 12.9. The number of carbonyl (C=O) groups is 4. The van der Waals surface area contributed by atoms with Gasteiger partial charge in [0.1, 0.15) is 28.0 Å². The first-order valence-corrected chi connectivity index (χ1v) is 25.0. The van der Waals surface area contributed by atoms with Crippen molar-refractivity contribution in [2.75, 3.05) is 52.4 Å². The largest absolute Gasteiger partial charge is 0.464 e. The van der Waals surface area contributed by atoms with Gasteiger partial charge in [-0.25, -0.2) is 23.6 Å². The van der Waals surface area contributed by atoms with Crippen LogP contribution in [-0.4, -0.2) is 132 Å². The number of aromatic nitrogens is 3. The molecule has 6 bridgehead atoms. The highest BCUT2D eigenvalue weighted by molar-refractivity contribution is 7.90. The fourth-order valence-electron chi connectivity index (χ4n) is 9.35. The number of benzene rings is 1. The second-order valence-corrected chi connectivity index (χ2v) is 21.8. The number of hydrazine groups is 1. The van der Waals surface area contributed by atoms with Crippen LogP contribution in [0.5, 0.6) is 0 Å². The molecule has 4 atom stereocenters. The van der Waals surface area contributed by atoms with Crippen LogP contribution in [0.2, 0.25) is 0 Å². The van der Waals surface area contributed by atoms with Crippen molar-refractivity contribution < 1.29 is 37.1 Å². The van der Waals surface area contributed by atoms with Gasteiger partial charge in [0.2, 0.25) is 5.91 Å². The number of rotatable bonds is 10. The second-order valence-electron chi connectivity index (χ2n) is 18.7. The number of methoxy groups -OCH3 is 1. The first-order chi connectivity index (χ1) is 30.3. The Morgan fingerprint density at radius 1 is 1.10 bits per heavy atom. The van der Waals surface area contributed by atoms with E-state index in [2.05, 4.69) is 60.3 Å². The van der Waals surface area contributed by atoms with E-state index < -0.39 is 57.2 Å². The zero-order chi connectivity index (χ0) is 46.2. The normalized spacial score (nSPS) is 19.4. The lowest BCUT2D eigenvalue weighted by Gasteiger charge is -2.43. The molecule has 3 aromatic heterocycles. The average molecular weight is 1060 g/mol. The monoisotopic (exact) mass is 1050 g/mol. The molecular weight excluding hydrogens is 985 g/mol. The van der Waals surface area contributed by atoms with Gasteiger partial charge in [0.15, 0.2) is 0 Å². The van der Waals surface area contributed by atoms with Crippen LogP contribution < -0.4 is 10.7 Å². The number of cyclic esters (lactones) is 1. The van der Waals surface area contributed by atoms with E-state index in [1.807, 2.05) is 32.2 Å². The van der Waals surface area contributed by atoms with Crippen LogP contribution in [-0.2, 0) is 53.1 Å². The fraction of sp³-hybridized carbons (Fsp3) is 0.565. The minimum Gasteiger partial charge on any atom is -0.464 e. The zero-order valence-corrected chi connectivity index (χ0v) is 46.0. The molecule has 0 saturated carbocycles. The Bertz CT molecular complexity index is 2530. The number of hydrogen-bond donors (Lipinski definition) is 2. The van der Waals surface area contributed by atoms with Crippen molar-refractivity contribution in [2.24, 2.45) is 17.3 Å². The molecule has 4 aromatic rings. The molecule has 0 unspecified atom stereocenters. The maximum Gasteiger partial charge on any atom is 0.324 e. The Morgan fingerprint density at radius 2 is 1.81 bits per heavy atom. The molecule has 0 aliphatic carbocycles. The summed E-state index contributed by atoms with van der Waals surface area (Å²) < 4.78 is 37.9. The Morgan fingerprint density at radius 3 is 2.46 bits per heavy atom. The Labute approximate surface area is 432 Å². The number of aryl methyl sites for hydroxylation is 1. The smallest absolute Gasteiger partial charge is 0.324 e. The van der Waals surface area contributed by atoms with Gasteiger partial charge in [0.05, 0.1) is 40.6 Å². The summed E-state index contributed by atoms with van der Waals surface area (Å²) in [6.07, 6.45) is 4.31. The third-order valence-corrected chi connectivity index (χ3v) is 14.5. The van der Waals surface area contributed by atoms with Gasteiger partial charge in [-0.15, -0.1) is 11.3 Å². The van der Waals surface area contributed by atoms with Crippen LogP contribution in [0.3, 0.4) is 0 Å². The molecule has 1 aromatic carbocycles. The van der Waals surface area contributed by atoms with E-state index in [9.17, 15) is 27.6 Å². The summed E-state index contributed by atoms with van der Waals surface area (Å²) in [6.45, 7) is 13.6. The number of likely N-dealkylation sites (tertiary alicyclic amines) is 1. The molecule has 7 rings (SSSR count). The molecule has 2 fully saturated rings. The van der Waals surface area contributed by atoms with Gasteiger partial charge in [-0.05, 0) is 68.9 Å². The highest BCUT2D eigenvalue weighted by Crippen LogP contribution is 2.42. The number of sulfone groups is 1. The maximum absolute atomic E-state index is 14.6. The topological polar surface area (TPSA) is 185 Å². The van der Waals surface area contributed by atoms with Crippen molar-refractivity contribution in [2.45, 2.75) is 98.0 Å². The first-order valence-electron chi connectivity index (χ1n) is 22.1. The summed E-state index contributed by atoms with van der Waals surface area (Å²) in [7, 11) is 0.0268. The minimum atomic E-state index is -3.20. The molecule has 3 aliphatic rings. The minimum absolute atomic E-state index is 0. The summed E-state index contributed by atoms with van der Waals surface area (Å²) in [5.74, 6) is -1.94. The quantitative estimate of drug-likeness (QED) is 0.186. The van der Waals surface area contributed by atoms with Crippen LogP contribution in [0.4, 0.5) is 4.79 Å². The van der Waals surface area contributed by atoms with Crippen molar-refractivity contribution >= 4 is 110 Å². The lowest BCUT2D eigenvalue weighted by Crippen LogP contribution is -2.63. The summed E-state index contributed by atoms with van der Waals surface area (Å²) in [5, 5.41) is 8.00. The number of carbonyl (C=O) groups excluding carboxylic acids is 4. The number of urea groups is 1. The van der Waals surface area contributed by atoms with E-state index >= 15 is 0 Å². The van der Waals surface area contributed by atoms with Crippen LogP contribution >= 0.6 is 65.3 Å². The van der Waals surface area contributed by atoms with Gasteiger partial charge in [0, 0.05) is 98.0 Å². The molecule has 0 spiro atoms. The SMILES string of the molecule is CCn1c(-c2cccnc2[C@H](C)OC)c2c3cc(ccc31)-c1csc(n1)C[C@H](NC(=O)[C@H](C(C)C)N(C)C(=O)N1CC(CS(C)(=O)=O)C1)C(=O)N1CCC[C@H](N1)C(=O)OCC(C)(C)C2.S.S.S.S. The highest BCUT2D eigenvalue weighted by atomic mass is 32.2. The molecule has 22 heteroatoms. The van der Waals surface area contributed by atoms with E-state index in [0.717, 1.165) is 44.7 Å². The third-order valence-electron chi connectivity index (χ3n) is 12.5. The van der Waals surface area contributed by atoms with Gasteiger partial charge in [0.25, 0.3) is 5.91 Å². The lowest BCUT2D eigenvalue weighted by atomic mass is 9.84. The zero-order valence-electron chi connectivity index (χ0n) is 40.3. The number of thiazole rings is 1. The molecular formula is C46H70N8O8S6. The number of esters is 1. The number of likely N-dealkylation sites (N-methyl/N-ethyl adjacent to an activating group) is 1. The number of nitrogens with one attached hydrogen (secondary N) is 2. The molecule has 6 heterocycles. The lowest BCUT2D eigenvalue weighted by molar-refractivity contribution is -0.155. The van der Waals surface area contributed by atoms with Crippen molar-refractivity contribution in [3.05, 3.63) is 58.2 Å². The highest BCUT2D eigenvalue weighted by Gasteiger charge is 2.41. The molecule has 4 amide bonds. The second kappa shape index (κ2) is 24.1. The van der Waals surface area contributed by atoms with Crippen LogP contribution in [0, 0.1) is 17.3 Å². The van der Waals surface area contributed by atoms with Gasteiger partial charge in [-0.3, -0.25) is 24.4 Å². The molecule has 0 radical (unpaired) electrons. The van der Waals surface area contributed by atoms with Gasteiger partial charge in [-0.1, -0.05) is 33.8 Å². The molecule has 68 heavy (non-hydrogen) atoms. The maximum atomic E-state index is 14.6. The predicted octanol–water partition coefficient (Wildman–Crippen LogP) is 5.71. The number of amides is 4. The standard InChI is InChI=1S/C46H62N8O8S2.4H2S/c1-10-53-37-16-15-30-19-32(37)33(41(53)31-13-11-17-47-39(31)28(4)61-8)21-46(5,6)26-62-44(57)34-14-12-18-54(50-34)43(56)35(20-38-48-36(30)24-63-38)49-42(55)40(27(2)3)51(7)45(58)52-22-29(23-52)25-64(9,59)60;;;;/h11,13,15-17,19,24,27-29,34-35,40,50H,10,12,14,18,20-23,25-26H2,1-9H3,(H,49,55);4*1H2/t28-,34-,35-,40-;;;;/m0..../s1. The van der Waals surface area contributed by atoms with Gasteiger partial charge >= 0.3 is 12.0 Å².